The monoisotopic (exact) mass is 152 g/mol. The fourth-order valence-electron chi connectivity index (χ4n) is 1.06. The third-order valence-corrected chi connectivity index (χ3v) is 2.86. The molecule has 0 bridgehead atoms. The highest BCUT2D eigenvalue weighted by Crippen LogP contribution is 2.34. The van der Waals surface area contributed by atoms with Crippen molar-refractivity contribution in [3.63, 3.8) is 0 Å². The third-order valence-electron chi connectivity index (χ3n) is 1.61. The minimum Gasteiger partial charge on any atom is -0.151 e. The molecule has 1 heterocycles. The van der Waals surface area contributed by atoms with Gasteiger partial charge < -0.3 is 0 Å². The van der Waals surface area contributed by atoms with Crippen molar-refractivity contribution in [2.45, 2.75) is 25.0 Å². The maximum Gasteiger partial charge on any atom is 0.0153 e. The molecule has 0 nitrogen and oxygen atoms in total. The zero-order chi connectivity index (χ0) is 7.61. The summed E-state index contributed by atoms with van der Waals surface area (Å²) in [5, 5.41) is 0. The topological polar surface area (TPSA) is 0 Å². The average molecular weight is 152 g/mol. The lowest BCUT2D eigenvalue weighted by molar-refractivity contribution is 0.707. The largest absolute Gasteiger partial charge is 0.151 e. The average Bonchev–Trinajstić information content (AvgIpc) is 1.86. The Morgan fingerprint density at radius 3 is 2.80 bits per heavy atom. The highest BCUT2D eigenvalue weighted by molar-refractivity contribution is 8.00. The van der Waals surface area contributed by atoms with Gasteiger partial charge in [-0.25, -0.2) is 0 Å². The van der Waals surface area contributed by atoms with E-state index in [0.29, 0.717) is 4.75 Å². The van der Waals surface area contributed by atoms with Crippen LogP contribution >= 0.6 is 11.8 Å². The molecule has 10 heavy (non-hydrogen) atoms. The van der Waals surface area contributed by atoms with E-state index in [1.807, 2.05) is 11.8 Å². The zero-order valence-corrected chi connectivity index (χ0v) is 7.29. The minimum atomic E-state index is 0.358. The maximum absolute atomic E-state index is 5.30. The molecule has 0 unspecified atom stereocenters. The second-order valence-corrected chi connectivity index (χ2v) is 4.85. The minimum absolute atomic E-state index is 0.358. The van der Waals surface area contributed by atoms with Crippen LogP contribution in [-0.2, 0) is 0 Å². The lowest BCUT2D eigenvalue weighted by atomic mass is 10.0. The van der Waals surface area contributed by atoms with Crippen molar-refractivity contribution < 1.29 is 0 Å². The number of allylic oxidation sites excluding steroid dienone is 1. The van der Waals surface area contributed by atoms with Crippen molar-refractivity contribution >= 4 is 11.8 Å². The predicted octanol–water partition coefficient (Wildman–Crippen LogP) is 2.46. The number of rotatable bonds is 0. The van der Waals surface area contributed by atoms with Gasteiger partial charge in [0, 0.05) is 10.5 Å². The SMILES string of the molecule is C#CC1=CCSC(C)(C)C1. The van der Waals surface area contributed by atoms with E-state index in [2.05, 4.69) is 25.8 Å². The molecule has 1 rings (SSSR count). The highest BCUT2D eigenvalue weighted by Gasteiger charge is 2.22. The first-order valence-corrected chi connectivity index (χ1v) is 4.42. The number of thioether (sulfide) groups is 1. The smallest absolute Gasteiger partial charge is 0.0153 e. The Bertz CT molecular complexity index is 193. The lowest BCUT2D eigenvalue weighted by Crippen LogP contribution is -2.18. The fourth-order valence-corrected chi connectivity index (χ4v) is 2.05. The third kappa shape index (κ3) is 1.82. The summed E-state index contributed by atoms with van der Waals surface area (Å²) in [6.07, 6.45) is 8.50. The van der Waals surface area contributed by atoms with E-state index < -0.39 is 0 Å². The first kappa shape index (κ1) is 7.75. The fraction of sp³-hybridized carbons (Fsp3) is 0.556. The van der Waals surface area contributed by atoms with Crippen LogP contribution in [0.15, 0.2) is 11.6 Å². The summed E-state index contributed by atoms with van der Waals surface area (Å²) in [4.78, 5) is 0. The van der Waals surface area contributed by atoms with Crippen molar-refractivity contribution in [3.8, 4) is 12.3 Å². The van der Waals surface area contributed by atoms with Crippen LogP contribution in [0.25, 0.3) is 0 Å². The first-order chi connectivity index (χ1) is 4.64. The summed E-state index contributed by atoms with van der Waals surface area (Å²) < 4.78 is 0.358. The summed E-state index contributed by atoms with van der Waals surface area (Å²) in [6.45, 7) is 4.48. The molecule has 0 spiro atoms. The van der Waals surface area contributed by atoms with Gasteiger partial charge in [-0.1, -0.05) is 25.8 Å². The molecule has 0 aromatic rings. The standard InChI is InChI=1S/C9H12S/c1-4-8-5-6-10-9(2,3)7-8/h1,5H,6-7H2,2-3H3. The molecule has 0 amide bonds. The molecule has 0 fully saturated rings. The summed E-state index contributed by atoms with van der Waals surface area (Å²) >= 11 is 1.97. The van der Waals surface area contributed by atoms with Crippen LogP contribution in [0, 0.1) is 12.3 Å². The highest BCUT2D eigenvalue weighted by atomic mass is 32.2. The van der Waals surface area contributed by atoms with Crippen molar-refractivity contribution in [1.29, 1.82) is 0 Å². The van der Waals surface area contributed by atoms with Gasteiger partial charge >= 0.3 is 0 Å². The van der Waals surface area contributed by atoms with E-state index in [4.69, 9.17) is 6.42 Å². The van der Waals surface area contributed by atoms with Crippen LogP contribution in [0.4, 0.5) is 0 Å². The summed E-state index contributed by atoms with van der Waals surface area (Å²) in [6, 6.07) is 0. The van der Waals surface area contributed by atoms with E-state index >= 15 is 0 Å². The maximum atomic E-state index is 5.30. The Morgan fingerprint density at radius 2 is 2.40 bits per heavy atom. The molecule has 54 valence electrons. The van der Waals surface area contributed by atoms with Gasteiger partial charge in [-0.05, 0) is 12.0 Å². The van der Waals surface area contributed by atoms with Crippen molar-refractivity contribution in [2.24, 2.45) is 0 Å². The van der Waals surface area contributed by atoms with Crippen LogP contribution < -0.4 is 0 Å². The second-order valence-electron chi connectivity index (χ2n) is 3.12. The molecule has 0 saturated heterocycles. The molecular weight excluding hydrogens is 140 g/mol. The van der Waals surface area contributed by atoms with Crippen LogP contribution in [0.5, 0.6) is 0 Å². The van der Waals surface area contributed by atoms with E-state index in [1.165, 1.54) is 5.57 Å². The number of hydrogen-bond donors (Lipinski definition) is 0. The number of hydrogen-bond acceptors (Lipinski definition) is 1. The van der Waals surface area contributed by atoms with Gasteiger partial charge in [0.1, 0.15) is 0 Å². The van der Waals surface area contributed by atoms with Gasteiger partial charge in [0.25, 0.3) is 0 Å². The molecule has 0 radical (unpaired) electrons. The molecule has 0 N–H and O–H groups in total. The number of terminal acetylenes is 1. The molecular formula is C9H12S. The molecule has 0 aliphatic carbocycles. The van der Waals surface area contributed by atoms with E-state index in [0.717, 1.165) is 12.2 Å². The van der Waals surface area contributed by atoms with Crippen molar-refractivity contribution in [3.05, 3.63) is 11.6 Å². The van der Waals surface area contributed by atoms with Crippen LogP contribution in [0.1, 0.15) is 20.3 Å². The molecule has 0 saturated carbocycles. The Hall–Kier alpha value is -0.350. The van der Waals surface area contributed by atoms with Gasteiger partial charge in [-0.3, -0.25) is 0 Å². The van der Waals surface area contributed by atoms with Crippen molar-refractivity contribution in [1.82, 2.24) is 0 Å². The van der Waals surface area contributed by atoms with Gasteiger partial charge in [0.05, 0.1) is 0 Å². The van der Waals surface area contributed by atoms with Gasteiger partial charge in [0.2, 0.25) is 0 Å². The molecule has 1 aliphatic heterocycles. The van der Waals surface area contributed by atoms with Crippen molar-refractivity contribution in [2.75, 3.05) is 5.75 Å². The second kappa shape index (κ2) is 2.72. The Kier molecular flexibility index (Phi) is 2.11. The Labute approximate surface area is 67.1 Å². The van der Waals surface area contributed by atoms with Crippen LogP contribution in [0.2, 0.25) is 0 Å². The van der Waals surface area contributed by atoms with E-state index in [9.17, 15) is 0 Å². The quantitative estimate of drug-likeness (QED) is 0.480. The first-order valence-electron chi connectivity index (χ1n) is 3.44. The molecule has 0 aromatic carbocycles. The van der Waals surface area contributed by atoms with Crippen LogP contribution in [0.3, 0.4) is 0 Å². The summed E-state index contributed by atoms with van der Waals surface area (Å²) in [7, 11) is 0. The normalized spacial score (nSPS) is 23.1. The van der Waals surface area contributed by atoms with E-state index in [-0.39, 0.29) is 0 Å². The predicted molar refractivity (Wildman–Crippen MR) is 48.1 cm³/mol. The summed E-state index contributed by atoms with van der Waals surface area (Å²) in [5.41, 5.74) is 1.17. The molecule has 1 aliphatic rings. The van der Waals surface area contributed by atoms with Gasteiger partial charge in [-0.2, -0.15) is 11.8 Å². The molecule has 0 aromatic heterocycles. The lowest BCUT2D eigenvalue weighted by Gasteiger charge is -2.26. The summed E-state index contributed by atoms with van der Waals surface area (Å²) in [5.74, 6) is 3.78. The van der Waals surface area contributed by atoms with Crippen LogP contribution in [-0.4, -0.2) is 10.5 Å². The molecule has 0 atom stereocenters. The van der Waals surface area contributed by atoms with Gasteiger partial charge in [0.15, 0.2) is 0 Å². The van der Waals surface area contributed by atoms with Gasteiger partial charge in [-0.15, -0.1) is 6.42 Å². The zero-order valence-electron chi connectivity index (χ0n) is 6.48. The Morgan fingerprint density at radius 1 is 1.70 bits per heavy atom. The molecule has 1 heteroatoms. The Balaban J connectivity index is 2.68. The van der Waals surface area contributed by atoms with E-state index in [1.54, 1.807) is 0 Å².